The zero-order valence-electron chi connectivity index (χ0n) is 9.22. The van der Waals surface area contributed by atoms with Gasteiger partial charge in [-0.05, 0) is 31.0 Å². The fourth-order valence-electron chi connectivity index (χ4n) is 1.68. The van der Waals surface area contributed by atoms with Gasteiger partial charge in [-0.1, -0.05) is 11.6 Å². The van der Waals surface area contributed by atoms with Crippen LogP contribution in [-0.4, -0.2) is 18.5 Å². The molecule has 0 saturated heterocycles. The summed E-state index contributed by atoms with van der Waals surface area (Å²) >= 11 is 11.9. The zero-order chi connectivity index (χ0) is 11.6. The van der Waals surface area contributed by atoms with E-state index in [4.69, 9.17) is 27.9 Å². The molecule has 1 aliphatic rings. The van der Waals surface area contributed by atoms with E-state index in [2.05, 4.69) is 5.32 Å². The van der Waals surface area contributed by atoms with Crippen molar-refractivity contribution in [3.8, 4) is 5.75 Å². The summed E-state index contributed by atoms with van der Waals surface area (Å²) in [4.78, 5) is 0. The SMILES string of the molecule is COc1ccc(Cl)cc1CNC1(CCl)CC1. The topological polar surface area (TPSA) is 21.3 Å². The van der Waals surface area contributed by atoms with Crippen molar-refractivity contribution in [3.63, 3.8) is 0 Å². The van der Waals surface area contributed by atoms with E-state index in [0.717, 1.165) is 35.7 Å². The Morgan fingerprint density at radius 2 is 2.19 bits per heavy atom. The maximum atomic E-state index is 5.96. The van der Waals surface area contributed by atoms with Crippen LogP contribution in [0.3, 0.4) is 0 Å². The summed E-state index contributed by atoms with van der Waals surface area (Å²) in [6.07, 6.45) is 2.30. The number of hydrogen-bond donors (Lipinski definition) is 1. The highest BCUT2D eigenvalue weighted by Crippen LogP contribution is 2.37. The largest absolute Gasteiger partial charge is 0.496 e. The van der Waals surface area contributed by atoms with Crippen molar-refractivity contribution in [1.82, 2.24) is 5.32 Å². The summed E-state index contributed by atoms with van der Waals surface area (Å²) in [5.74, 6) is 1.53. The number of rotatable bonds is 5. The van der Waals surface area contributed by atoms with Crippen LogP contribution in [-0.2, 0) is 6.54 Å². The highest BCUT2D eigenvalue weighted by Gasteiger charge is 2.41. The molecule has 1 aromatic rings. The van der Waals surface area contributed by atoms with Crippen LogP contribution < -0.4 is 10.1 Å². The molecule has 0 amide bonds. The molecule has 1 N–H and O–H groups in total. The summed E-state index contributed by atoms with van der Waals surface area (Å²) in [6.45, 7) is 0.746. The second-order valence-electron chi connectivity index (χ2n) is 4.22. The minimum absolute atomic E-state index is 0.148. The van der Waals surface area contributed by atoms with Gasteiger partial charge < -0.3 is 10.1 Å². The number of nitrogens with one attached hydrogen (secondary N) is 1. The molecule has 88 valence electrons. The van der Waals surface area contributed by atoms with Gasteiger partial charge in [-0.2, -0.15) is 0 Å². The summed E-state index contributed by atoms with van der Waals surface area (Å²) in [5.41, 5.74) is 1.22. The van der Waals surface area contributed by atoms with E-state index in [9.17, 15) is 0 Å². The Balaban J connectivity index is 2.05. The van der Waals surface area contributed by atoms with Gasteiger partial charge in [-0.3, -0.25) is 0 Å². The van der Waals surface area contributed by atoms with E-state index in [1.807, 2.05) is 18.2 Å². The smallest absolute Gasteiger partial charge is 0.123 e. The maximum Gasteiger partial charge on any atom is 0.123 e. The van der Waals surface area contributed by atoms with Gasteiger partial charge in [-0.25, -0.2) is 0 Å². The minimum Gasteiger partial charge on any atom is -0.496 e. The molecule has 0 aromatic heterocycles. The third-order valence-electron chi connectivity index (χ3n) is 3.01. The van der Waals surface area contributed by atoms with Crippen LogP contribution in [0, 0.1) is 0 Å². The number of halogens is 2. The Kier molecular flexibility index (Phi) is 3.63. The summed E-state index contributed by atoms with van der Waals surface area (Å²) in [5, 5.41) is 4.20. The molecule has 0 heterocycles. The van der Waals surface area contributed by atoms with Gasteiger partial charge in [0.15, 0.2) is 0 Å². The standard InChI is InChI=1S/C12H15Cl2NO/c1-16-11-3-2-10(14)6-9(11)7-15-12(8-13)4-5-12/h2-3,6,15H,4-5,7-8H2,1H3. The lowest BCUT2D eigenvalue weighted by Gasteiger charge is -2.15. The van der Waals surface area contributed by atoms with Gasteiger partial charge in [0.1, 0.15) is 5.75 Å². The van der Waals surface area contributed by atoms with Crippen LogP contribution in [0.5, 0.6) is 5.75 Å². The minimum atomic E-state index is 0.148. The lowest BCUT2D eigenvalue weighted by Crippen LogP contribution is -2.32. The predicted molar refractivity (Wildman–Crippen MR) is 67.5 cm³/mol. The monoisotopic (exact) mass is 259 g/mol. The van der Waals surface area contributed by atoms with Crippen LogP contribution in [0.1, 0.15) is 18.4 Å². The lowest BCUT2D eigenvalue weighted by molar-refractivity contribution is 0.405. The first kappa shape index (κ1) is 12.0. The van der Waals surface area contributed by atoms with E-state index in [1.54, 1.807) is 7.11 Å². The second kappa shape index (κ2) is 4.82. The van der Waals surface area contributed by atoms with E-state index < -0.39 is 0 Å². The van der Waals surface area contributed by atoms with E-state index in [1.165, 1.54) is 0 Å². The quantitative estimate of drug-likeness (QED) is 0.821. The van der Waals surface area contributed by atoms with E-state index in [-0.39, 0.29) is 5.54 Å². The number of methoxy groups -OCH3 is 1. The molecule has 0 bridgehead atoms. The van der Waals surface area contributed by atoms with E-state index >= 15 is 0 Å². The molecular weight excluding hydrogens is 245 g/mol. The average Bonchev–Trinajstić information content (AvgIpc) is 3.07. The fraction of sp³-hybridized carbons (Fsp3) is 0.500. The number of alkyl halides is 1. The zero-order valence-corrected chi connectivity index (χ0v) is 10.7. The first-order valence-corrected chi connectivity index (χ1v) is 6.24. The molecule has 1 fully saturated rings. The lowest BCUT2D eigenvalue weighted by atomic mass is 10.2. The predicted octanol–water partition coefficient (Wildman–Crippen LogP) is 3.21. The van der Waals surface area contributed by atoms with Crippen molar-refractivity contribution in [2.45, 2.75) is 24.9 Å². The number of benzene rings is 1. The Morgan fingerprint density at radius 1 is 1.44 bits per heavy atom. The molecule has 0 atom stereocenters. The number of hydrogen-bond acceptors (Lipinski definition) is 2. The second-order valence-corrected chi connectivity index (χ2v) is 4.93. The molecule has 1 saturated carbocycles. The Bertz CT molecular complexity index is 377. The molecule has 1 aromatic carbocycles. The summed E-state index contributed by atoms with van der Waals surface area (Å²) < 4.78 is 5.29. The first-order chi connectivity index (χ1) is 7.69. The van der Waals surface area contributed by atoms with Crippen LogP contribution >= 0.6 is 23.2 Å². The summed E-state index contributed by atoms with van der Waals surface area (Å²) in [6, 6.07) is 5.65. The van der Waals surface area contributed by atoms with Crippen molar-refractivity contribution < 1.29 is 4.74 Å². The third-order valence-corrected chi connectivity index (χ3v) is 3.75. The highest BCUT2D eigenvalue weighted by atomic mass is 35.5. The molecule has 16 heavy (non-hydrogen) atoms. The maximum absolute atomic E-state index is 5.96. The van der Waals surface area contributed by atoms with Gasteiger partial charge in [0.05, 0.1) is 7.11 Å². The molecule has 0 spiro atoms. The average molecular weight is 260 g/mol. The molecule has 4 heteroatoms. The Morgan fingerprint density at radius 3 is 2.75 bits per heavy atom. The van der Waals surface area contributed by atoms with Crippen molar-refractivity contribution in [2.24, 2.45) is 0 Å². The molecule has 0 radical (unpaired) electrons. The van der Waals surface area contributed by atoms with Gasteiger partial charge in [0.2, 0.25) is 0 Å². The molecule has 2 rings (SSSR count). The van der Waals surface area contributed by atoms with Gasteiger partial charge in [-0.15, -0.1) is 11.6 Å². The molecule has 1 aliphatic carbocycles. The van der Waals surface area contributed by atoms with Crippen molar-refractivity contribution in [2.75, 3.05) is 13.0 Å². The molecular formula is C12H15Cl2NO. The van der Waals surface area contributed by atoms with Crippen molar-refractivity contribution in [1.29, 1.82) is 0 Å². The van der Waals surface area contributed by atoms with Crippen LogP contribution in [0.4, 0.5) is 0 Å². The molecule has 0 unspecified atom stereocenters. The van der Waals surface area contributed by atoms with Gasteiger partial charge >= 0.3 is 0 Å². The number of ether oxygens (including phenoxy) is 1. The third kappa shape index (κ3) is 2.62. The van der Waals surface area contributed by atoms with Crippen LogP contribution in [0.2, 0.25) is 5.02 Å². The van der Waals surface area contributed by atoms with Crippen LogP contribution in [0.25, 0.3) is 0 Å². The highest BCUT2D eigenvalue weighted by molar-refractivity contribution is 6.30. The fourth-order valence-corrected chi connectivity index (χ4v) is 2.23. The Labute approximate surface area is 106 Å². The van der Waals surface area contributed by atoms with Gasteiger partial charge in [0.25, 0.3) is 0 Å². The summed E-state index contributed by atoms with van der Waals surface area (Å²) in [7, 11) is 1.67. The van der Waals surface area contributed by atoms with Crippen LogP contribution in [0.15, 0.2) is 18.2 Å². The van der Waals surface area contributed by atoms with Gasteiger partial charge in [0, 0.05) is 28.5 Å². The van der Waals surface area contributed by atoms with Crippen molar-refractivity contribution >= 4 is 23.2 Å². The Hall–Kier alpha value is -0.440. The normalized spacial score (nSPS) is 17.2. The van der Waals surface area contributed by atoms with Crippen molar-refractivity contribution in [3.05, 3.63) is 28.8 Å². The first-order valence-electron chi connectivity index (χ1n) is 5.32. The van der Waals surface area contributed by atoms with E-state index in [0.29, 0.717) is 5.88 Å². The molecule has 0 aliphatic heterocycles. The molecule has 2 nitrogen and oxygen atoms in total.